The monoisotopic (exact) mass is 406 g/mol. The second-order valence-electron chi connectivity index (χ2n) is 7.27. The van der Waals surface area contributed by atoms with Crippen LogP contribution >= 0.6 is 11.6 Å². The van der Waals surface area contributed by atoms with Gasteiger partial charge in [-0.15, -0.1) is 0 Å². The van der Waals surface area contributed by atoms with E-state index in [2.05, 4.69) is 10.3 Å². The number of urea groups is 1. The van der Waals surface area contributed by atoms with Crippen LogP contribution < -0.4 is 16.4 Å². The van der Waals surface area contributed by atoms with E-state index in [9.17, 15) is 14.4 Å². The molecule has 28 heavy (non-hydrogen) atoms. The largest absolute Gasteiger partial charge is 0.324 e. The Kier molecular flexibility index (Phi) is 5.11. The minimum atomic E-state index is -0.601. The predicted octanol–water partition coefficient (Wildman–Crippen LogP) is 0.411. The van der Waals surface area contributed by atoms with Gasteiger partial charge in [0.15, 0.2) is 5.65 Å². The fourth-order valence-electron chi connectivity index (χ4n) is 4.02. The van der Waals surface area contributed by atoms with Gasteiger partial charge in [0.05, 0.1) is 10.5 Å². The first-order valence-corrected chi connectivity index (χ1v) is 9.86. The van der Waals surface area contributed by atoms with Gasteiger partial charge in [-0.05, 0) is 18.9 Å². The number of pyridine rings is 1. The van der Waals surface area contributed by atoms with E-state index >= 15 is 0 Å². The molecule has 2 aliphatic rings. The summed E-state index contributed by atoms with van der Waals surface area (Å²) in [4.78, 5) is 45.8. The Labute approximate surface area is 166 Å². The molecule has 2 saturated heterocycles. The van der Waals surface area contributed by atoms with Crippen molar-refractivity contribution in [3.8, 4) is 0 Å². The number of piperazine rings is 1. The number of nitrogens with one attached hydrogen (secondary N) is 1. The highest BCUT2D eigenvalue weighted by atomic mass is 35.5. The highest BCUT2D eigenvalue weighted by Gasteiger charge is 2.29. The van der Waals surface area contributed by atoms with Crippen molar-refractivity contribution < 1.29 is 4.79 Å². The van der Waals surface area contributed by atoms with Crippen LogP contribution in [-0.2, 0) is 7.05 Å². The molecule has 2 aromatic heterocycles. The second-order valence-corrected chi connectivity index (χ2v) is 7.71. The number of fused-ring (bicyclic) bond motifs is 1. The molecule has 0 aromatic carbocycles. The van der Waals surface area contributed by atoms with E-state index in [4.69, 9.17) is 11.6 Å². The maximum Gasteiger partial charge on any atom is 0.320 e. The van der Waals surface area contributed by atoms with E-state index in [-0.39, 0.29) is 12.1 Å². The van der Waals surface area contributed by atoms with Crippen molar-refractivity contribution in [1.82, 2.24) is 29.2 Å². The number of amides is 2. The second kappa shape index (κ2) is 7.56. The van der Waals surface area contributed by atoms with E-state index in [1.165, 1.54) is 15.3 Å². The molecule has 2 aromatic rings. The number of halogens is 1. The van der Waals surface area contributed by atoms with Gasteiger partial charge >= 0.3 is 17.1 Å². The summed E-state index contributed by atoms with van der Waals surface area (Å²) in [6.07, 6.45) is 2.68. The molecular weight excluding hydrogens is 384 g/mol. The van der Waals surface area contributed by atoms with Crippen LogP contribution in [-0.4, -0.2) is 69.2 Å². The number of likely N-dealkylation sites (tertiary alicyclic amines) is 1. The highest BCUT2D eigenvalue weighted by Crippen LogP contribution is 2.25. The molecule has 0 radical (unpaired) electrons. The summed E-state index contributed by atoms with van der Waals surface area (Å²) in [5.74, 6) is 0. The van der Waals surface area contributed by atoms with Crippen LogP contribution in [0.3, 0.4) is 0 Å². The summed E-state index contributed by atoms with van der Waals surface area (Å²) in [6, 6.07) is 1.51. The van der Waals surface area contributed by atoms with Crippen LogP contribution in [0.2, 0.25) is 5.02 Å². The smallest absolute Gasteiger partial charge is 0.320 e. The zero-order valence-corrected chi connectivity index (χ0v) is 16.5. The normalized spacial score (nSPS) is 18.6. The molecule has 4 heterocycles. The van der Waals surface area contributed by atoms with Gasteiger partial charge in [-0.3, -0.25) is 14.2 Å². The van der Waals surface area contributed by atoms with E-state index < -0.39 is 11.1 Å². The summed E-state index contributed by atoms with van der Waals surface area (Å²) >= 11 is 6.03. The number of aryl methyl sites for hydroxylation is 1. The number of aromatic nitrogens is 3. The number of nitrogens with zero attached hydrogens (tertiary/aromatic N) is 5. The van der Waals surface area contributed by atoms with Gasteiger partial charge in [0.2, 0.25) is 0 Å². The average Bonchev–Trinajstić information content (AvgIpc) is 2.73. The van der Waals surface area contributed by atoms with E-state index in [1.807, 2.05) is 9.80 Å². The van der Waals surface area contributed by atoms with Crippen molar-refractivity contribution in [1.29, 1.82) is 0 Å². The third kappa shape index (κ3) is 3.29. The number of hydrogen-bond acceptors (Lipinski definition) is 5. The van der Waals surface area contributed by atoms with Gasteiger partial charge in [-0.2, -0.15) is 0 Å². The summed E-state index contributed by atoms with van der Waals surface area (Å²) in [7, 11) is 1.54. The fourth-order valence-corrected chi connectivity index (χ4v) is 4.17. The molecule has 9 nitrogen and oxygen atoms in total. The first kappa shape index (κ1) is 18.9. The molecule has 0 aliphatic carbocycles. The van der Waals surface area contributed by atoms with Crippen LogP contribution in [0.5, 0.6) is 0 Å². The topological polar surface area (TPSA) is 92.5 Å². The van der Waals surface area contributed by atoms with Gasteiger partial charge in [0, 0.05) is 58.6 Å². The standard InChI is InChI=1S/C18H23ClN6O3/c1-22-14-10-12(19)11-21-15(14)25(17(27)16(22)26)13-2-6-23(7-3-13)18(28)24-8-4-20-5-9-24/h10-11,13,20H,2-9H2,1H3. The van der Waals surface area contributed by atoms with Gasteiger partial charge < -0.3 is 19.7 Å². The van der Waals surface area contributed by atoms with E-state index in [1.54, 1.807) is 13.1 Å². The third-order valence-corrected chi connectivity index (χ3v) is 5.80. The SMILES string of the molecule is Cn1c(=O)c(=O)n(C2CCN(C(=O)N3CCNCC3)CC2)c2ncc(Cl)cc21. The zero-order chi connectivity index (χ0) is 19.8. The molecular formula is C18H23ClN6O3. The van der Waals surface area contributed by atoms with Gasteiger partial charge in [-0.1, -0.05) is 11.6 Å². The summed E-state index contributed by atoms with van der Waals surface area (Å²) in [6.45, 7) is 4.13. The fraction of sp³-hybridized carbons (Fsp3) is 0.556. The minimum Gasteiger partial charge on any atom is -0.324 e. The Bertz CT molecular complexity index is 1020. The van der Waals surface area contributed by atoms with Crippen molar-refractivity contribution >= 4 is 28.8 Å². The molecule has 150 valence electrons. The van der Waals surface area contributed by atoms with Crippen LogP contribution in [0.4, 0.5) is 4.79 Å². The lowest BCUT2D eigenvalue weighted by atomic mass is 10.0. The number of carbonyl (C=O) groups is 1. The maximum absolute atomic E-state index is 12.7. The highest BCUT2D eigenvalue weighted by molar-refractivity contribution is 6.31. The first-order valence-electron chi connectivity index (χ1n) is 9.48. The summed E-state index contributed by atoms with van der Waals surface area (Å²) in [5.41, 5.74) is -0.215. The van der Waals surface area contributed by atoms with Crippen LogP contribution in [0.1, 0.15) is 18.9 Å². The average molecular weight is 407 g/mol. The Morgan fingerprint density at radius 1 is 1.11 bits per heavy atom. The summed E-state index contributed by atoms with van der Waals surface area (Å²) in [5, 5.41) is 3.65. The third-order valence-electron chi connectivity index (χ3n) is 5.60. The van der Waals surface area contributed by atoms with Gasteiger partial charge in [0.25, 0.3) is 0 Å². The number of piperidine rings is 1. The molecule has 1 N–H and O–H groups in total. The lowest BCUT2D eigenvalue weighted by Gasteiger charge is -2.37. The molecule has 2 fully saturated rings. The quantitative estimate of drug-likeness (QED) is 0.692. The number of carbonyl (C=O) groups excluding carboxylic acids is 1. The Balaban J connectivity index is 1.60. The molecule has 10 heteroatoms. The molecule has 0 unspecified atom stereocenters. The van der Waals surface area contributed by atoms with E-state index in [0.29, 0.717) is 55.2 Å². The number of hydrogen-bond donors (Lipinski definition) is 1. The van der Waals surface area contributed by atoms with Crippen molar-refractivity contribution in [3.05, 3.63) is 38.0 Å². The molecule has 0 bridgehead atoms. The maximum atomic E-state index is 12.7. The molecule has 2 amide bonds. The van der Waals surface area contributed by atoms with Crippen molar-refractivity contribution in [2.45, 2.75) is 18.9 Å². The lowest BCUT2D eigenvalue weighted by Crippen LogP contribution is -2.53. The molecule has 0 spiro atoms. The number of rotatable bonds is 1. The summed E-state index contributed by atoms with van der Waals surface area (Å²) < 4.78 is 2.77. The minimum absolute atomic E-state index is 0.0473. The Morgan fingerprint density at radius 3 is 2.43 bits per heavy atom. The molecule has 0 atom stereocenters. The molecule has 4 rings (SSSR count). The van der Waals surface area contributed by atoms with Gasteiger partial charge in [0.1, 0.15) is 0 Å². The Morgan fingerprint density at radius 2 is 1.75 bits per heavy atom. The Hall–Kier alpha value is -2.39. The zero-order valence-electron chi connectivity index (χ0n) is 15.7. The predicted molar refractivity (Wildman–Crippen MR) is 106 cm³/mol. The van der Waals surface area contributed by atoms with Gasteiger partial charge in [-0.25, -0.2) is 9.78 Å². The van der Waals surface area contributed by atoms with Crippen LogP contribution in [0, 0.1) is 0 Å². The molecule has 2 aliphatic heterocycles. The van der Waals surface area contributed by atoms with Crippen LogP contribution in [0.25, 0.3) is 11.2 Å². The van der Waals surface area contributed by atoms with Crippen molar-refractivity contribution in [3.63, 3.8) is 0 Å². The van der Waals surface area contributed by atoms with E-state index in [0.717, 1.165) is 13.1 Å². The van der Waals surface area contributed by atoms with Crippen molar-refractivity contribution in [2.75, 3.05) is 39.3 Å². The van der Waals surface area contributed by atoms with Crippen molar-refractivity contribution in [2.24, 2.45) is 7.05 Å². The molecule has 0 saturated carbocycles. The lowest BCUT2D eigenvalue weighted by molar-refractivity contribution is 0.128. The first-order chi connectivity index (χ1) is 13.5. The van der Waals surface area contributed by atoms with Crippen LogP contribution in [0.15, 0.2) is 21.9 Å².